The number of rotatable bonds is 2. The molecule has 3 fully saturated rings. The molecule has 0 radical (unpaired) electrons. The van der Waals surface area contributed by atoms with Gasteiger partial charge < -0.3 is 0 Å². The second-order valence-corrected chi connectivity index (χ2v) is 6.57. The van der Waals surface area contributed by atoms with Crippen molar-refractivity contribution in [2.75, 3.05) is 0 Å². The standard InChI is InChI=1S/C14H14Cl2O2/c1-3-5-7-9-11(17)14(16)8(6-4-2)10(14)12(18)13(7,9)15/h3-10H,1-2H3/b5-3-,6-4-/t7-,8+,9-,10-,13+,14-/m0/s1. The summed E-state index contributed by atoms with van der Waals surface area (Å²) in [4.78, 5) is 22.8. The van der Waals surface area contributed by atoms with Gasteiger partial charge in [0.05, 0.1) is 11.8 Å². The van der Waals surface area contributed by atoms with Gasteiger partial charge in [0.15, 0.2) is 11.6 Å². The Morgan fingerprint density at radius 2 is 1.22 bits per heavy atom. The first-order valence-electron chi connectivity index (χ1n) is 6.17. The molecule has 0 saturated heterocycles. The van der Waals surface area contributed by atoms with Gasteiger partial charge in [-0.2, -0.15) is 0 Å². The van der Waals surface area contributed by atoms with E-state index in [1.807, 2.05) is 38.2 Å². The fourth-order valence-corrected chi connectivity index (χ4v) is 4.48. The lowest BCUT2D eigenvalue weighted by Crippen LogP contribution is -2.37. The Bertz CT molecular complexity index is 464. The van der Waals surface area contributed by atoms with E-state index in [1.54, 1.807) is 0 Å². The molecule has 0 spiro atoms. The molecule has 0 amide bonds. The molecule has 0 aromatic rings. The molecule has 96 valence electrons. The van der Waals surface area contributed by atoms with Gasteiger partial charge in [0.1, 0.15) is 9.75 Å². The Hall–Kier alpha value is -0.600. The first-order valence-corrected chi connectivity index (χ1v) is 6.93. The van der Waals surface area contributed by atoms with E-state index in [0.29, 0.717) is 0 Å². The summed E-state index contributed by atoms with van der Waals surface area (Å²) in [6, 6.07) is 0. The molecule has 3 aliphatic carbocycles. The number of alkyl halides is 2. The molecule has 0 aromatic carbocycles. The van der Waals surface area contributed by atoms with Crippen LogP contribution in [0.2, 0.25) is 0 Å². The highest BCUT2D eigenvalue weighted by Gasteiger charge is 2.87. The monoisotopic (exact) mass is 284 g/mol. The van der Waals surface area contributed by atoms with Crippen molar-refractivity contribution in [2.45, 2.75) is 23.6 Å². The molecule has 0 N–H and O–H groups in total. The molecule has 0 heterocycles. The summed E-state index contributed by atoms with van der Waals surface area (Å²) in [5.41, 5.74) is 0. The Balaban J connectivity index is 1.99. The van der Waals surface area contributed by atoms with Crippen LogP contribution >= 0.6 is 23.2 Å². The summed E-state index contributed by atoms with van der Waals surface area (Å²) < 4.78 is 0. The highest BCUT2D eigenvalue weighted by Crippen LogP contribution is 2.73. The molecule has 3 aliphatic rings. The minimum Gasteiger partial charge on any atom is -0.297 e. The third-order valence-corrected chi connectivity index (χ3v) is 5.84. The van der Waals surface area contributed by atoms with E-state index in [1.165, 1.54) is 0 Å². The normalized spacial score (nSPS) is 53.8. The van der Waals surface area contributed by atoms with Crippen LogP contribution in [0, 0.1) is 23.7 Å². The van der Waals surface area contributed by atoms with Crippen molar-refractivity contribution in [2.24, 2.45) is 23.7 Å². The lowest BCUT2D eigenvalue weighted by Gasteiger charge is -2.16. The predicted molar refractivity (Wildman–Crippen MR) is 70.8 cm³/mol. The number of hydrogen-bond donors (Lipinski definition) is 0. The fraction of sp³-hybridized carbons (Fsp3) is 0.571. The fourth-order valence-electron chi connectivity index (χ4n) is 3.50. The van der Waals surface area contributed by atoms with Gasteiger partial charge in [-0.1, -0.05) is 24.3 Å². The van der Waals surface area contributed by atoms with E-state index >= 15 is 0 Å². The summed E-state index contributed by atoms with van der Waals surface area (Å²) in [5, 5.41) is 0. The van der Waals surface area contributed by atoms with Crippen LogP contribution in [0.15, 0.2) is 24.3 Å². The van der Waals surface area contributed by atoms with E-state index in [2.05, 4.69) is 0 Å². The summed E-state index contributed by atoms with van der Waals surface area (Å²) in [5.74, 6) is -1.28. The van der Waals surface area contributed by atoms with Crippen molar-refractivity contribution in [3.8, 4) is 0 Å². The zero-order valence-electron chi connectivity index (χ0n) is 10.2. The molecule has 3 rings (SSSR count). The highest BCUT2D eigenvalue weighted by atomic mass is 35.5. The largest absolute Gasteiger partial charge is 0.297 e. The van der Waals surface area contributed by atoms with Crippen LogP contribution < -0.4 is 0 Å². The SMILES string of the molecule is C/C=C\[C@@H]1[C@H]2C(=O)[C@]3(Cl)[C@H](C(=O)[C@]12Cl)[C@@H]3/C=C\C. The average molecular weight is 285 g/mol. The van der Waals surface area contributed by atoms with Crippen molar-refractivity contribution in [3.63, 3.8) is 0 Å². The van der Waals surface area contributed by atoms with Gasteiger partial charge >= 0.3 is 0 Å². The van der Waals surface area contributed by atoms with Crippen LogP contribution in [0.1, 0.15) is 13.8 Å². The van der Waals surface area contributed by atoms with Crippen LogP contribution in [-0.2, 0) is 9.59 Å². The van der Waals surface area contributed by atoms with E-state index in [0.717, 1.165) is 0 Å². The Morgan fingerprint density at radius 1 is 0.889 bits per heavy atom. The van der Waals surface area contributed by atoms with Crippen LogP contribution in [0.5, 0.6) is 0 Å². The van der Waals surface area contributed by atoms with Crippen LogP contribution in [0.4, 0.5) is 0 Å². The van der Waals surface area contributed by atoms with Crippen molar-refractivity contribution in [1.29, 1.82) is 0 Å². The van der Waals surface area contributed by atoms with Gasteiger partial charge in [-0.3, -0.25) is 9.59 Å². The third-order valence-electron chi connectivity index (χ3n) is 4.50. The molecular formula is C14H14Cl2O2. The number of carbonyl (C=O) groups is 2. The molecule has 2 nitrogen and oxygen atoms in total. The van der Waals surface area contributed by atoms with Crippen LogP contribution in [0.25, 0.3) is 0 Å². The van der Waals surface area contributed by atoms with Gasteiger partial charge in [0, 0.05) is 11.8 Å². The van der Waals surface area contributed by atoms with Gasteiger partial charge in [-0.05, 0) is 13.8 Å². The zero-order valence-corrected chi connectivity index (χ0v) is 11.7. The topological polar surface area (TPSA) is 34.1 Å². The second-order valence-electron chi connectivity index (χ2n) is 5.32. The van der Waals surface area contributed by atoms with Gasteiger partial charge in [-0.15, -0.1) is 23.2 Å². The summed E-state index contributed by atoms with van der Waals surface area (Å²) in [6.07, 6.45) is 7.37. The quantitative estimate of drug-likeness (QED) is 0.577. The van der Waals surface area contributed by atoms with Crippen LogP contribution in [0.3, 0.4) is 0 Å². The number of fused-ring (bicyclic) bond motifs is 2. The molecule has 0 aliphatic heterocycles. The average Bonchev–Trinajstić information content (AvgIpc) is 3.13. The minimum absolute atomic E-state index is 0.0463. The number of allylic oxidation sites excluding steroid dienone is 4. The van der Waals surface area contributed by atoms with Gasteiger partial charge in [0.2, 0.25) is 0 Å². The molecule has 18 heavy (non-hydrogen) atoms. The minimum atomic E-state index is -1.01. The number of hydrogen-bond acceptors (Lipinski definition) is 2. The number of halogens is 2. The van der Waals surface area contributed by atoms with E-state index < -0.39 is 21.6 Å². The molecule has 4 heteroatoms. The predicted octanol–water partition coefficient (Wildman–Crippen LogP) is 2.74. The lowest BCUT2D eigenvalue weighted by molar-refractivity contribution is -0.129. The first kappa shape index (κ1) is 12.4. The maximum atomic E-state index is 12.4. The number of ketones is 2. The summed E-state index contributed by atoms with van der Waals surface area (Å²) in [6.45, 7) is 3.72. The first-order chi connectivity index (χ1) is 8.45. The van der Waals surface area contributed by atoms with E-state index in [-0.39, 0.29) is 23.4 Å². The molecule has 0 aromatic heterocycles. The smallest absolute Gasteiger partial charge is 0.161 e. The van der Waals surface area contributed by atoms with E-state index in [4.69, 9.17) is 23.2 Å². The van der Waals surface area contributed by atoms with Gasteiger partial charge in [0.25, 0.3) is 0 Å². The summed E-state index contributed by atoms with van der Waals surface area (Å²) in [7, 11) is 0. The van der Waals surface area contributed by atoms with Crippen LogP contribution in [-0.4, -0.2) is 21.3 Å². The van der Waals surface area contributed by atoms with Crippen molar-refractivity contribution in [1.82, 2.24) is 0 Å². The molecule has 0 bridgehead atoms. The Labute approximate surface area is 116 Å². The maximum Gasteiger partial charge on any atom is 0.161 e. The second kappa shape index (κ2) is 3.49. The third kappa shape index (κ3) is 1.12. The summed E-state index contributed by atoms with van der Waals surface area (Å²) >= 11 is 12.8. The molecule has 0 unspecified atom stereocenters. The van der Waals surface area contributed by atoms with Gasteiger partial charge in [-0.25, -0.2) is 0 Å². The lowest BCUT2D eigenvalue weighted by atomic mass is 9.97. The number of carbonyl (C=O) groups excluding carboxylic acids is 2. The van der Waals surface area contributed by atoms with Crippen molar-refractivity contribution >= 4 is 34.8 Å². The van der Waals surface area contributed by atoms with Crippen molar-refractivity contribution < 1.29 is 9.59 Å². The highest BCUT2D eigenvalue weighted by molar-refractivity contribution is 6.51. The number of Topliss-reactive ketones (excluding diaryl/α,β-unsaturated/α-hetero) is 2. The zero-order chi connectivity index (χ0) is 13.3. The van der Waals surface area contributed by atoms with E-state index in [9.17, 15) is 9.59 Å². The Kier molecular flexibility index (Phi) is 2.41. The van der Waals surface area contributed by atoms with Crippen molar-refractivity contribution in [3.05, 3.63) is 24.3 Å². The molecular weight excluding hydrogens is 271 g/mol. The molecule has 6 atom stereocenters. The molecule has 3 saturated carbocycles. The Morgan fingerprint density at radius 3 is 1.50 bits per heavy atom. The maximum absolute atomic E-state index is 12.4.